The number of carbonyl (C=O) groups is 2. The van der Waals surface area contributed by atoms with Crippen molar-refractivity contribution in [2.24, 2.45) is 0 Å². The van der Waals surface area contributed by atoms with E-state index in [0.717, 1.165) is 0 Å². The van der Waals surface area contributed by atoms with Crippen molar-refractivity contribution in [1.29, 1.82) is 0 Å². The zero-order valence-electron chi connectivity index (χ0n) is 14.6. The number of nitrogens with zero attached hydrogens (tertiary/aromatic N) is 4. The number of nitrogens with two attached hydrogens (primary N) is 1. The molecule has 0 unspecified atom stereocenters. The number of benzene rings is 1. The number of hydrogen-bond donors (Lipinski definition) is 2. The highest BCUT2D eigenvalue weighted by atomic mass is 35.5. The SMILES string of the molecule is Nc1ncnc2c1ncn2CCCOC(=O)CNC(=O)c1ccc(Cl)c(Cl)c1. The molecule has 0 atom stereocenters. The Kier molecular flexibility index (Phi) is 6.27. The van der Waals surface area contributed by atoms with Crippen LogP contribution in [-0.2, 0) is 16.1 Å². The van der Waals surface area contributed by atoms with Crippen molar-refractivity contribution in [3.8, 4) is 0 Å². The second-order valence-corrected chi connectivity index (χ2v) is 6.57. The Morgan fingerprint density at radius 1 is 1.18 bits per heavy atom. The van der Waals surface area contributed by atoms with Crippen molar-refractivity contribution in [1.82, 2.24) is 24.8 Å². The maximum absolute atomic E-state index is 12.0. The summed E-state index contributed by atoms with van der Waals surface area (Å²) in [5.41, 5.74) is 7.19. The lowest BCUT2D eigenvalue weighted by molar-refractivity contribution is -0.142. The molecule has 3 aromatic rings. The topological polar surface area (TPSA) is 125 Å². The Bertz CT molecular complexity index is 1020. The third-order valence-electron chi connectivity index (χ3n) is 3.81. The number of anilines is 1. The highest BCUT2D eigenvalue weighted by Crippen LogP contribution is 2.22. The van der Waals surface area contributed by atoms with E-state index < -0.39 is 11.9 Å². The number of halogens is 2. The van der Waals surface area contributed by atoms with Gasteiger partial charge in [-0.05, 0) is 24.6 Å². The molecule has 0 bridgehead atoms. The molecule has 1 amide bonds. The molecule has 146 valence electrons. The molecule has 3 rings (SSSR count). The normalized spacial score (nSPS) is 10.8. The minimum atomic E-state index is -0.546. The monoisotopic (exact) mass is 422 g/mol. The van der Waals surface area contributed by atoms with Crippen molar-refractivity contribution in [3.05, 3.63) is 46.5 Å². The van der Waals surface area contributed by atoms with Crippen molar-refractivity contribution in [2.45, 2.75) is 13.0 Å². The molecule has 0 aliphatic rings. The van der Waals surface area contributed by atoms with Crippen molar-refractivity contribution < 1.29 is 14.3 Å². The van der Waals surface area contributed by atoms with Gasteiger partial charge in [-0.3, -0.25) is 9.59 Å². The molecule has 0 radical (unpaired) electrons. The number of aryl methyl sites for hydroxylation is 1. The largest absolute Gasteiger partial charge is 0.464 e. The van der Waals surface area contributed by atoms with E-state index in [2.05, 4.69) is 20.3 Å². The summed E-state index contributed by atoms with van der Waals surface area (Å²) in [6.07, 6.45) is 3.52. The molecule has 9 nitrogen and oxygen atoms in total. The molecular weight excluding hydrogens is 407 g/mol. The Morgan fingerprint density at radius 2 is 2.00 bits per heavy atom. The van der Waals surface area contributed by atoms with Gasteiger partial charge in [0, 0.05) is 12.1 Å². The van der Waals surface area contributed by atoms with Gasteiger partial charge in [0.25, 0.3) is 5.91 Å². The molecule has 0 aliphatic carbocycles. The Labute approximate surface area is 169 Å². The van der Waals surface area contributed by atoms with Gasteiger partial charge in [-0.25, -0.2) is 15.0 Å². The molecule has 3 N–H and O–H groups in total. The van der Waals surface area contributed by atoms with Gasteiger partial charge in [0.1, 0.15) is 18.4 Å². The third kappa shape index (κ3) is 4.68. The van der Waals surface area contributed by atoms with Gasteiger partial charge >= 0.3 is 5.97 Å². The summed E-state index contributed by atoms with van der Waals surface area (Å²) >= 11 is 11.7. The van der Waals surface area contributed by atoms with Crippen LogP contribution in [0.2, 0.25) is 10.0 Å². The first-order valence-corrected chi connectivity index (χ1v) is 9.01. The summed E-state index contributed by atoms with van der Waals surface area (Å²) < 4.78 is 6.91. The first kappa shape index (κ1) is 19.8. The van der Waals surface area contributed by atoms with Crippen LogP contribution in [0.15, 0.2) is 30.9 Å². The van der Waals surface area contributed by atoms with Crippen LogP contribution >= 0.6 is 23.2 Å². The van der Waals surface area contributed by atoms with Crippen LogP contribution in [0.1, 0.15) is 16.8 Å². The number of ether oxygens (including phenoxy) is 1. The highest BCUT2D eigenvalue weighted by Gasteiger charge is 2.11. The lowest BCUT2D eigenvalue weighted by Gasteiger charge is -2.08. The molecule has 2 heterocycles. The van der Waals surface area contributed by atoms with Crippen LogP contribution < -0.4 is 11.1 Å². The summed E-state index contributed by atoms with van der Waals surface area (Å²) in [6, 6.07) is 4.45. The van der Waals surface area contributed by atoms with Crippen LogP contribution in [0.3, 0.4) is 0 Å². The van der Waals surface area contributed by atoms with Crippen LogP contribution in [0.4, 0.5) is 5.82 Å². The Hall–Kier alpha value is -2.91. The summed E-state index contributed by atoms with van der Waals surface area (Å²) in [6.45, 7) is 0.467. The molecule has 0 aliphatic heterocycles. The molecule has 2 aromatic heterocycles. The number of imidazole rings is 1. The summed E-state index contributed by atoms with van der Waals surface area (Å²) in [5.74, 6) is -0.680. The highest BCUT2D eigenvalue weighted by molar-refractivity contribution is 6.42. The predicted molar refractivity (Wildman–Crippen MR) is 104 cm³/mol. The fourth-order valence-corrected chi connectivity index (χ4v) is 2.72. The van der Waals surface area contributed by atoms with Gasteiger partial charge < -0.3 is 20.4 Å². The average molecular weight is 423 g/mol. The quantitative estimate of drug-likeness (QED) is 0.440. The minimum Gasteiger partial charge on any atom is -0.464 e. The fraction of sp³-hybridized carbons (Fsp3) is 0.235. The van der Waals surface area contributed by atoms with E-state index in [1.165, 1.54) is 24.5 Å². The molecule has 0 fully saturated rings. The van der Waals surface area contributed by atoms with E-state index in [4.69, 9.17) is 33.7 Å². The number of rotatable bonds is 7. The number of aromatic nitrogens is 4. The number of amides is 1. The van der Waals surface area contributed by atoms with E-state index in [1.54, 1.807) is 10.9 Å². The molecule has 0 saturated carbocycles. The lowest BCUT2D eigenvalue weighted by atomic mass is 10.2. The number of hydrogen-bond acceptors (Lipinski definition) is 7. The summed E-state index contributed by atoms with van der Waals surface area (Å²) in [5, 5.41) is 3.07. The van der Waals surface area contributed by atoms with E-state index in [1.807, 2.05) is 0 Å². The number of carbonyl (C=O) groups excluding carboxylic acids is 2. The average Bonchev–Trinajstić information content (AvgIpc) is 3.10. The Balaban J connectivity index is 1.41. The fourth-order valence-electron chi connectivity index (χ4n) is 2.43. The molecule has 0 saturated heterocycles. The zero-order valence-corrected chi connectivity index (χ0v) is 16.1. The van der Waals surface area contributed by atoms with Crippen molar-refractivity contribution >= 4 is 52.1 Å². The minimum absolute atomic E-state index is 0.182. The first-order chi connectivity index (χ1) is 13.5. The first-order valence-electron chi connectivity index (χ1n) is 8.26. The van der Waals surface area contributed by atoms with E-state index in [0.29, 0.717) is 40.5 Å². The van der Waals surface area contributed by atoms with E-state index in [-0.39, 0.29) is 18.2 Å². The molecule has 0 spiro atoms. The standard InChI is InChI=1S/C17H16Cl2N6O3/c18-11-3-2-10(6-12(11)19)17(27)21-7-13(26)28-5-1-4-25-9-24-14-15(20)22-8-23-16(14)25/h2-3,6,8-9H,1,4-5,7H2,(H,21,27)(H2,20,22,23). The van der Waals surface area contributed by atoms with Crippen LogP contribution in [0, 0.1) is 0 Å². The van der Waals surface area contributed by atoms with Crippen LogP contribution in [0.25, 0.3) is 11.2 Å². The van der Waals surface area contributed by atoms with Gasteiger partial charge in [-0.15, -0.1) is 0 Å². The van der Waals surface area contributed by atoms with Gasteiger partial charge in [-0.2, -0.15) is 0 Å². The molecule has 1 aromatic carbocycles. The third-order valence-corrected chi connectivity index (χ3v) is 4.55. The van der Waals surface area contributed by atoms with Crippen molar-refractivity contribution in [2.75, 3.05) is 18.9 Å². The van der Waals surface area contributed by atoms with Crippen LogP contribution in [0.5, 0.6) is 0 Å². The van der Waals surface area contributed by atoms with Gasteiger partial charge in [-0.1, -0.05) is 23.2 Å². The maximum atomic E-state index is 12.0. The van der Waals surface area contributed by atoms with Gasteiger partial charge in [0.05, 0.1) is 23.0 Å². The maximum Gasteiger partial charge on any atom is 0.325 e. The number of nitrogen functional groups attached to an aromatic ring is 1. The van der Waals surface area contributed by atoms with E-state index >= 15 is 0 Å². The number of nitrogens with one attached hydrogen (secondary N) is 1. The number of esters is 1. The zero-order chi connectivity index (χ0) is 20.1. The smallest absolute Gasteiger partial charge is 0.325 e. The van der Waals surface area contributed by atoms with Crippen LogP contribution in [-0.4, -0.2) is 44.5 Å². The van der Waals surface area contributed by atoms with Crippen molar-refractivity contribution in [3.63, 3.8) is 0 Å². The van der Waals surface area contributed by atoms with E-state index in [9.17, 15) is 9.59 Å². The summed E-state index contributed by atoms with van der Waals surface area (Å²) in [4.78, 5) is 36.0. The molecule has 28 heavy (non-hydrogen) atoms. The van der Waals surface area contributed by atoms with Gasteiger partial charge in [0.2, 0.25) is 0 Å². The molecular formula is C17H16Cl2N6O3. The second kappa shape index (κ2) is 8.85. The Morgan fingerprint density at radius 3 is 2.79 bits per heavy atom. The lowest BCUT2D eigenvalue weighted by Crippen LogP contribution is -2.30. The molecule has 11 heteroatoms. The predicted octanol–water partition coefficient (Wildman–Crippen LogP) is 2.08. The van der Waals surface area contributed by atoms with Gasteiger partial charge in [0.15, 0.2) is 11.5 Å². The number of fused-ring (bicyclic) bond motifs is 1. The summed E-state index contributed by atoms with van der Waals surface area (Å²) in [7, 11) is 0. The second-order valence-electron chi connectivity index (χ2n) is 5.75.